The molecular weight excluding hydrogens is 332 g/mol. The summed E-state index contributed by atoms with van der Waals surface area (Å²) in [5.74, 6) is 2.06. The van der Waals surface area contributed by atoms with E-state index in [-0.39, 0.29) is 5.91 Å². The topological polar surface area (TPSA) is 76.6 Å². The summed E-state index contributed by atoms with van der Waals surface area (Å²) < 4.78 is 10.5. The number of methoxy groups -OCH3 is 2. The molecule has 1 fully saturated rings. The summed E-state index contributed by atoms with van der Waals surface area (Å²) in [6.07, 6.45) is 3.30. The Balaban J connectivity index is 1.61. The molecule has 1 amide bonds. The Bertz CT molecular complexity index is 751. The first-order valence-corrected chi connectivity index (χ1v) is 8.66. The number of aryl methyl sites for hydroxylation is 1. The first-order valence-electron chi connectivity index (χ1n) is 8.66. The summed E-state index contributed by atoms with van der Waals surface area (Å²) in [5, 5.41) is 3.43. The zero-order valence-electron chi connectivity index (χ0n) is 15.4. The van der Waals surface area contributed by atoms with Crippen molar-refractivity contribution in [3.8, 4) is 11.5 Å². The molecule has 138 valence electrons. The molecule has 1 aliphatic heterocycles. The van der Waals surface area contributed by atoms with E-state index in [4.69, 9.17) is 9.47 Å². The van der Waals surface area contributed by atoms with Gasteiger partial charge in [-0.25, -0.2) is 9.97 Å². The van der Waals surface area contributed by atoms with Crippen molar-refractivity contribution in [2.24, 2.45) is 0 Å². The largest absolute Gasteiger partial charge is 0.497 e. The molecule has 3 rings (SSSR count). The summed E-state index contributed by atoms with van der Waals surface area (Å²) in [6.45, 7) is 3.33. The minimum absolute atomic E-state index is 0.00136. The molecule has 1 aliphatic rings. The van der Waals surface area contributed by atoms with Crippen molar-refractivity contribution in [1.82, 2.24) is 14.9 Å². The Morgan fingerprint density at radius 2 is 1.73 bits per heavy atom. The van der Waals surface area contributed by atoms with Crippen LogP contribution in [0, 0.1) is 6.92 Å². The molecule has 0 atom stereocenters. The van der Waals surface area contributed by atoms with Gasteiger partial charge >= 0.3 is 0 Å². The van der Waals surface area contributed by atoms with Gasteiger partial charge in [0.2, 0.25) is 0 Å². The number of aromatic nitrogens is 2. The highest BCUT2D eigenvalue weighted by atomic mass is 16.5. The molecule has 0 unspecified atom stereocenters. The van der Waals surface area contributed by atoms with Crippen molar-refractivity contribution in [3.05, 3.63) is 41.9 Å². The van der Waals surface area contributed by atoms with Gasteiger partial charge in [-0.2, -0.15) is 0 Å². The van der Waals surface area contributed by atoms with E-state index in [0.29, 0.717) is 36.2 Å². The number of likely N-dealkylation sites (tertiary alicyclic amines) is 1. The summed E-state index contributed by atoms with van der Waals surface area (Å²) in [5.41, 5.74) is 1.51. The molecule has 0 saturated carbocycles. The highest BCUT2D eigenvalue weighted by Gasteiger charge is 2.24. The Hall–Kier alpha value is -2.83. The molecule has 1 aromatic heterocycles. The number of ether oxygens (including phenoxy) is 2. The number of nitrogens with one attached hydrogen (secondary N) is 1. The fourth-order valence-corrected chi connectivity index (χ4v) is 3.08. The summed E-state index contributed by atoms with van der Waals surface area (Å²) in [6, 6.07) is 7.49. The molecule has 0 aliphatic carbocycles. The number of rotatable bonds is 5. The van der Waals surface area contributed by atoms with E-state index in [1.165, 1.54) is 0 Å². The minimum atomic E-state index is -0.00136. The first kappa shape index (κ1) is 18.0. The SMILES string of the molecule is COc1cc(OC)cc(C(=O)N2CCC(Nc3cc(C)ncn3)CC2)c1. The van der Waals surface area contributed by atoms with Crippen LogP contribution >= 0.6 is 0 Å². The maximum absolute atomic E-state index is 12.8. The number of amides is 1. The lowest BCUT2D eigenvalue weighted by Gasteiger charge is -2.32. The molecule has 7 heteroatoms. The Morgan fingerprint density at radius 3 is 2.31 bits per heavy atom. The van der Waals surface area contributed by atoms with E-state index in [1.54, 1.807) is 38.7 Å². The van der Waals surface area contributed by atoms with Crippen LogP contribution < -0.4 is 14.8 Å². The second kappa shape index (κ2) is 8.03. The first-order chi connectivity index (χ1) is 12.6. The second-order valence-corrected chi connectivity index (χ2v) is 6.36. The maximum Gasteiger partial charge on any atom is 0.254 e. The number of hydrogen-bond acceptors (Lipinski definition) is 6. The molecule has 0 spiro atoms. The average Bonchev–Trinajstić information content (AvgIpc) is 2.67. The van der Waals surface area contributed by atoms with Crippen LogP contribution in [0.4, 0.5) is 5.82 Å². The van der Waals surface area contributed by atoms with Crippen LogP contribution in [0.5, 0.6) is 11.5 Å². The molecule has 1 N–H and O–H groups in total. The smallest absolute Gasteiger partial charge is 0.254 e. The van der Waals surface area contributed by atoms with Gasteiger partial charge < -0.3 is 19.7 Å². The van der Waals surface area contributed by atoms with Crippen LogP contribution in [-0.2, 0) is 0 Å². The van der Waals surface area contributed by atoms with Crippen LogP contribution in [0.25, 0.3) is 0 Å². The lowest BCUT2D eigenvalue weighted by atomic mass is 10.0. The number of hydrogen-bond donors (Lipinski definition) is 1. The number of carbonyl (C=O) groups excluding carboxylic acids is 1. The van der Waals surface area contributed by atoms with Gasteiger partial charge in [0, 0.05) is 42.5 Å². The standard InChI is InChI=1S/C19H24N4O3/c1-13-8-18(21-12-20-13)22-15-4-6-23(7-5-15)19(24)14-9-16(25-2)11-17(10-14)26-3/h8-12,15H,4-7H2,1-3H3,(H,20,21,22). The van der Waals surface area contributed by atoms with Crippen LogP contribution in [0.2, 0.25) is 0 Å². The van der Waals surface area contributed by atoms with Gasteiger partial charge in [-0.3, -0.25) is 4.79 Å². The third-order valence-corrected chi connectivity index (χ3v) is 4.54. The van der Waals surface area contributed by atoms with Crippen molar-refractivity contribution in [2.45, 2.75) is 25.8 Å². The molecule has 0 bridgehead atoms. The Kier molecular flexibility index (Phi) is 5.55. The van der Waals surface area contributed by atoms with Crippen LogP contribution in [-0.4, -0.2) is 54.1 Å². The lowest BCUT2D eigenvalue weighted by molar-refractivity contribution is 0.0717. The predicted molar refractivity (Wildman–Crippen MR) is 98.9 cm³/mol. The predicted octanol–water partition coefficient (Wildman–Crippen LogP) is 2.52. The molecule has 2 heterocycles. The fourth-order valence-electron chi connectivity index (χ4n) is 3.08. The lowest BCUT2D eigenvalue weighted by Crippen LogP contribution is -2.42. The fraction of sp³-hybridized carbons (Fsp3) is 0.421. The highest BCUT2D eigenvalue weighted by molar-refractivity contribution is 5.95. The van der Waals surface area contributed by atoms with Gasteiger partial charge in [-0.05, 0) is 31.9 Å². The van der Waals surface area contributed by atoms with Gasteiger partial charge in [0.15, 0.2) is 0 Å². The van der Waals surface area contributed by atoms with Gasteiger partial charge in [-0.15, -0.1) is 0 Å². The zero-order valence-corrected chi connectivity index (χ0v) is 15.4. The number of carbonyl (C=O) groups is 1. The van der Waals surface area contributed by atoms with Gasteiger partial charge in [-0.1, -0.05) is 0 Å². The van der Waals surface area contributed by atoms with Crippen molar-refractivity contribution >= 4 is 11.7 Å². The minimum Gasteiger partial charge on any atom is -0.497 e. The Labute approximate surface area is 153 Å². The maximum atomic E-state index is 12.8. The number of benzene rings is 1. The summed E-state index contributed by atoms with van der Waals surface area (Å²) in [7, 11) is 3.16. The van der Waals surface area contributed by atoms with E-state index in [0.717, 1.165) is 24.4 Å². The monoisotopic (exact) mass is 356 g/mol. The number of piperidine rings is 1. The quantitative estimate of drug-likeness (QED) is 0.887. The summed E-state index contributed by atoms with van der Waals surface area (Å²) >= 11 is 0. The van der Waals surface area contributed by atoms with Crippen molar-refractivity contribution in [1.29, 1.82) is 0 Å². The van der Waals surface area contributed by atoms with Crippen molar-refractivity contribution in [3.63, 3.8) is 0 Å². The Morgan fingerprint density at radius 1 is 1.08 bits per heavy atom. The van der Waals surface area contributed by atoms with Crippen LogP contribution in [0.3, 0.4) is 0 Å². The van der Waals surface area contributed by atoms with E-state index >= 15 is 0 Å². The summed E-state index contributed by atoms with van der Waals surface area (Å²) in [4.78, 5) is 23.0. The van der Waals surface area contributed by atoms with Crippen LogP contribution in [0.15, 0.2) is 30.6 Å². The molecular formula is C19H24N4O3. The molecule has 0 radical (unpaired) electrons. The normalized spacial score (nSPS) is 14.8. The van der Waals surface area contributed by atoms with Gasteiger partial charge in [0.1, 0.15) is 23.6 Å². The molecule has 1 saturated heterocycles. The van der Waals surface area contributed by atoms with Crippen LogP contribution in [0.1, 0.15) is 28.9 Å². The van der Waals surface area contributed by atoms with E-state index in [1.807, 2.05) is 17.9 Å². The number of nitrogens with zero attached hydrogens (tertiary/aromatic N) is 3. The third kappa shape index (κ3) is 4.22. The van der Waals surface area contributed by atoms with Crippen molar-refractivity contribution < 1.29 is 14.3 Å². The third-order valence-electron chi connectivity index (χ3n) is 4.54. The van der Waals surface area contributed by atoms with Crippen molar-refractivity contribution in [2.75, 3.05) is 32.6 Å². The average molecular weight is 356 g/mol. The molecule has 7 nitrogen and oxygen atoms in total. The molecule has 26 heavy (non-hydrogen) atoms. The van der Waals surface area contributed by atoms with E-state index in [2.05, 4.69) is 15.3 Å². The van der Waals surface area contributed by atoms with E-state index in [9.17, 15) is 4.79 Å². The van der Waals surface area contributed by atoms with Gasteiger partial charge in [0.05, 0.1) is 14.2 Å². The zero-order chi connectivity index (χ0) is 18.5. The van der Waals surface area contributed by atoms with E-state index < -0.39 is 0 Å². The van der Waals surface area contributed by atoms with Gasteiger partial charge in [0.25, 0.3) is 5.91 Å². The second-order valence-electron chi connectivity index (χ2n) is 6.36. The molecule has 1 aromatic carbocycles. The molecule has 2 aromatic rings. The highest BCUT2D eigenvalue weighted by Crippen LogP contribution is 2.25. The number of anilines is 1.